The highest BCUT2D eigenvalue weighted by Gasteiger charge is 2.46. The number of carboxylic acids is 1. The van der Waals surface area contributed by atoms with Crippen LogP contribution in [-0.2, 0) is 9.53 Å². The van der Waals surface area contributed by atoms with Crippen molar-refractivity contribution in [1.29, 1.82) is 0 Å². The summed E-state index contributed by atoms with van der Waals surface area (Å²) in [5.74, 6) is -1.51. The normalized spacial score (nSPS) is 15.3. The van der Waals surface area contributed by atoms with Crippen molar-refractivity contribution in [2.24, 2.45) is 0 Å². The summed E-state index contributed by atoms with van der Waals surface area (Å²) in [6.45, 7) is 1.95. The van der Waals surface area contributed by atoms with Crippen LogP contribution < -0.4 is 10.6 Å². The minimum Gasteiger partial charge on any atom is -0.478 e. The molecule has 35 heavy (non-hydrogen) atoms. The van der Waals surface area contributed by atoms with E-state index in [1.165, 1.54) is 12.1 Å². The largest absolute Gasteiger partial charge is 0.478 e. The predicted molar refractivity (Wildman–Crippen MR) is 132 cm³/mol. The second-order valence-corrected chi connectivity index (χ2v) is 9.18. The number of fused-ring (bicyclic) bond motifs is 3. The molecule has 0 spiro atoms. The fourth-order valence-corrected chi connectivity index (χ4v) is 4.90. The average Bonchev–Trinajstić information content (AvgIpc) is 3.15. The fourth-order valence-electron chi connectivity index (χ4n) is 4.90. The lowest BCUT2D eigenvalue weighted by Gasteiger charge is -2.40. The van der Waals surface area contributed by atoms with Gasteiger partial charge in [0.05, 0.1) is 5.56 Å². The van der Waals surface area contributed by atoms with Crippen LogP contribution in [0.2, 0.25) is 0 Å². The Balaban J connectivity index is 1.27. The van der Waals surface area contributed by atoms with Gasteiger partial charge in [-0.25, -0.2) is 9.59 Å². The van der Waals surface area contributed by atoms with E-state index in [0.717, 1.165) is 34.2 Å². The Kier molecular flexibility index (Phi) is 5.76. The summed E-state index contributed by atoms with van der Waals surface area (Å²) in [5, 5.41) is 14.8. The number of hydrogen-bond donors (Lipinski definition) is 3. The van der Waals surface area contributed by atoms with Crippen molar-refractivity contribution in [2.75, 3.05) is 11.9 Å². The summed E-state index contributed by atoms with van der Waals surface area (Å²) in [6, 6.07) is 20.8. The molecule has 3 aromatic rings. The van der Waals surface area contributed by atoms with Crippen molar-refractivity contribution in [3.63, 3.8) is 0 Å². The first-order valence-corrected chi connectivity index (χ1v) is 11.7. The first-order chi connectivity index (χ1) is 16.9. The van der Waals surface area contributed by atoms with Gasteiger partial charge in [0, 0.05) is 11.6 Å². The highest BCUT2D eigenvalue weighted by molar-refractivity contribution is 6.02. The summed E-state index contributed by atoms with van der Waals surface area (Å²) in [7, 11) is 0. The van der Waals surface area contributed by atoms with E-state index < -0.39 is 17.6 Å². The third kappa shape index (κ3) is 4.14. The molecule has 0 bridgehead atoms. The minimum absolute atomic E-state index is 0.0688. The lowest BCUT2D eigenvalue weighted by molar-refractivity contribution is -0.125. The van der Waals surface area contributed by atoms with Crippen molar-refractivity contribution in [3.8, 4) is 11.1 Å². The first-order valence-electron chi connectivity index (χ1n) is 11.7. The van der Waals surface area contributed by atoms with Gasteiger partial charge in [-0.05, 0) is 66.1 Å². The number of aromatic carboxylic acids is 1. The van der Waals surface area contributed by atoms with Gasteiger partial charge in [-0.15, -0.1) is 0 Å². The molecule has 0 atom stereocenters. The smallest absolute Gasteiger partial charge is 0.408 e. The van der Waals surface area contributed by atoms with Crippen LogP contribution in [0.25, 0.3) is 11.1 Å². The standard InChI is InChI=1S/C28H26N2O5/c1-17-11-12-18(25(31)32)15-24(17)29-26(33)28(13-6-14-28)30-27(34)35-16-23-21-9-4-2-7-19(21)20-8-3-5-10-22(20)23/h2-5,7-12,15,23H,6,13-14,16H2,1H3,(H,29,33)(H,30,34)(H,31,32). The van der Waals surface area contributed by atoms with E-state index in [9.17, 15) is 19.5 Å². The van der Waals surface area contributed by atoms with E-state index in [2.05, 4.69) is 34.9 Å². The molecule has 1 saturated carbocycles. The van der Waals surface area contributed by atoms with Gasteiger partial charge in [-0.1, -0.05) is 54.6 Å². The van der Waals surface area contributed by atoms with E-state index in [0.29, 0.717) is 18.5 Å². The topological polar surface area (TPSA) is 105 Å². The number of hydrogen-bond acceptors (Lipinski definition) is 4. The van der Waals surface area contributed by atoms with Gasteiger partial charge in [0.15, 0.2) is 0 Å². The summed E-state index contributed by atoms with van der Waals surface area (Å²) >= 11 is 0. The van der Waals surface area contributed by atoms with Crippen molar-refractivity contribution in [1.82, 2.24) is 5.32 Å². The van der Waals surface area contributed by atoms with E-state index >= 15 is 0 Å². The summed E-state index contributed by atoms with van der Waals surface area (Å²) in [5.41, 5.74) is 4.68. The van der Waals surface area contributed by atoms with E-state index in [1.807, 2.05) is 24.3 Å². The molecule has 0 heterocycles. The van der Waals surface area contributed by atoms with Gasteiger partial charge < -0.3 is 20.5 Å². The number of aryl methyl sites for hydroxylation is 1. The molecule has 0 aliphatic heterocycles. The quantitative estimate of drug-likeness (QED) is 0.465. The molecule has 3 N–H and O–H groups in total. The van der Waals surface area contributed by atoms with Crippen LogP contribution in [0, 0.1) is 6.92 Å². The van der Waals surface area contributed by atoms with Crippen molar-refractivity contribution < 1.29 is 24.2 Å². The Morgan fingerprint density at radius 1 is 0.971 bits per heavy atom. The highest BCUT2D eigenvalue weighted by Crippen LogP contribution is 2.44. The van der Waals surface area contributed by atoms with Crippen LogP contribution >= 0.6 is 0 Å². The second-order valence-electron chi connectivity index (χ2n) is 9.18. The summed E-state index contributed by atoms with van der Waals surface area (Å²) in [6.07, 6.45) is 1.13. The molecule has 7 nitrogen and oxygen atoms in total. The zero-order chi connectivity index (χ0) is 24.6. The SMILES string of the molecule is Cc1ccc(C(=O)O)cc1NC(=O)C1(NC(=O)OCC2c3ccccc3-c3ccccc32)CCC1. The molecule has 0 aromatic heterocycles. The molecular weight excluding hydrogens is 444 g/mol. The zero-order valence-electron chi connectivity index (χ0n) is 19.3. The number of rotatable bonds is 6. The molecule has 2 aliphatic carbocycles. The highest BCUT2D eigenvalue weighted by atomic mass is 16.5. The lowest BCUT2D eigenvalue weighted by Crippen LogP contribution is -2.61. The van der Waals surface area contributed by atoms with Gasteiger partial charge in [0.2, 0.25) is 5.91 Å². The number of carbonyl (C=O) groups is 3. The number of anilines is 1. The van der Waals surface area contributed by atoms with E-state index in [1.54, 1.807) is 13.0 Å². The summed E-state index contributed by atoms with van der Waals surface area (Å²) in [4.78, 5) is 37.3. The molecule has 0 unspecified atom stereocenters. The van der Waals surface area contributed by atoms with E-state index in [-0.39, 0.29) is 24.0 Å². The number of carbonyl (C=O) groups excluding carboxylic acids is 2. The number of alkyl carbamates (subject to hydrolysis) is 1. The van der Waals surface area contributed by atoms with Crippen LogP contribution in [-0.4, -0.2) is 35.2 Å². The summed E-state index contributed by atoms with van der Waals surface area (Å²) < 4.78 is 5.64. The van der Waals surface area contributed by atoms with Crippen LogP contribution in [0.1, 0.15) is 52.2 Å². The van der Waals surface area contributed by atoms with Gasteiger partial charge in [0.25, 0.3) is 0 Å². The van der Waals surface area contributed by atoms with Gasteiger partial charge in [-0.2, -0.15) is 0 Å². The van der Waals surface area contributed by atoms with Gasteiger partial charge in [0.1, 0.15) is 12.1 Å². The number of benzene rings is 3. The molecule has 2 aliphatic rings. The van der Waals surface area contributed by atoms with Crippen molar-refractivity contribution in [3.05, 3.63) is 89.0 Å². The predicted octanol–water partition coefficient (Wildman–Crippen LogP) is 5.09. The number of carboxylic acid groups (broad SMARTS) is 1. The molecule has 2 amide bonds. The van der Waals surface area contributed by atoms with Crippen LogP contribution in [0.15, 0.2) is 66.7 Å². The number of ether oxygens (including phenoxy) is 1. The molecule has 7 heteroatoms. The third-order valence-electron chi connectivity index (χ3n) is 7.06. The molecule has 178 valence electrons. The Bertz CT molecular complexity index is 1280. The Morgan fingerprint density at radius 3 is 2.17 bits per heavy atom. The average molecular weight is 471 g/mol. The molecule has 1 fully saturated rings. The number of amides is 2. The minimum atomic E-state index is -1.08. The van der Waals surface area contributed by atoms with Crippen LogP contribution in [0.4, 0.5) is 10.5 Å². The van der Waals surface area contributed by atoms with Crippen LogP contribution in [0.3, 0.4) is 0 Å². The monoisotopic (exact) mass is 470 g/mol. The van der Waals surface area contributed by atoms with Crippen molar-refractivity contribution >= 4 is 23.7 Å². The van der Waals surface area contributed by atoms with Gasteiger partial charge >= 0.3 is 12.1 Å². The fraction of sp³-hybridized carbons (Fsp3) is 0.250. The Hall–Kier alpha value is -4.13. The maximum atomic E-state index is 13.1. The Labute approximate surface area is 203 Å². The first kappa shape index (κ1) is 22.7. The second kappa shape index (κ2) is 8.91. The maximum absolute atomic E-state index is 13.1. The maximum Gasteiger partial charge on any atom is 0.408 e. The third-order valence-corrected chi connectivity index (χ3v) is 7.06. The van der Waals surface area contributed by atoms with Crippen LogP contribution in [0.5, 0.6) is 0 Å². The molecule has 5 rings (SSSR count). The molecule has 0 saturated heterocycles. The van der Waals surface area contributed by atoms with Gasteiger partial charge in [-0.3, -0.25) is 4.79 Å². The number of nitrogens with one attached hydrogen (secondary N) is 2. The Morgan fingerprint density at radius 2 is 1.60 bits per heavy atom. The zero-order valence-corrected chi connectivity index (χ0v) is 19.3. The molecular formula is C28H26N2O5. The van der Waals surface area contributed by atoms with Crippen molar-refractivity contribution in [2.45, 2.75) is 37.6 Å². The molecule has 0 radical (unpaired) electrons. The van der Waals surface area contributed by atoms with E-state index in [4.69, 9.17) is 4.74 Å². The lowest BCUT2D eigenvalue weighted by atomic mass is 9.76. The molecule has 3 aromatic carbocycles.